The van der Waals surface area contributed by atoms with E-state index in [1.165, 1.54) is 19.1 Å². The van der Waals surface area contributed by atoms with Crippen molar-refractivity contribution in [2.75, 3.05) is 6.61 Å². The summed E-state index contributed by atoms with van der Waals surface area (Å²) in [4.78, 5) is 11.1. The molecule has 0 heterocycles. The van der Waals surface area contributed by atoms with E-state index in [2.05, 4.69) is 8.92 Å². The molecule has 0 saturated carbocycles. The maximum Gasteiger partial charge on any atom is 0.428 e. The van der Waals surface area contributed by atoms with Gasteiger partial charge in [-0.3, -0.25) is 4.18 Å². The number of hydrogen-bond acceptors (Lipinski definition) is 5. The van der Waals surface area contributed by atoms with Gasteiger partial charge in [0.2, 0.25) is 0 Å². The Morgan fingerprint density at radius 3 is 2.50 bits per heavy atom. The molecule has 7 heteroatoms. The molecule has 0 bridgehead atoms. The number of carbonyl (C=O) groups is 1. The first-order chi connectivity index (χ1) is 7.53. The van der Waals surface area contributed by atoms with Crippen LogP contribution in [0.5, 0.6) is 5.75 Å². The highest BCUT2D eigenvalue weighted by Crippen LogP contribution is 2.08. The number of amides is 1. The Labute approximate surface area is 93.4 Å². The van der Waals surface area contributed by atoms with Crippen LogP contribution in [0.25, 0.3) is 0 Å². The zero-order valence-electron chi connectivity index (χ0n) is 8.54. The van der Waals surface area contributed by atoms with Gasteiger partial charge in [-0.15, -0.1) is 0 Å². The second kappa shape index (κ2) is 5.47. The fraction of sp³-hybridized carbons (Fsp3) is 0.222. The molecule has 0 unspecified atom stereocenters. The average Bonchev–Trinajstić information content (AvgIpc) is 2.17. The summed E-state index contributed by atoms with van der Waals surface area (Å²) in [6, 6.07) is 8.08. The quantitative estimate of drug-likeness (QED) is 0.857. The van der Waals surface area contributed by atoms with E-state index < -0.39 is 16.4 Å². The third-order valence-corrected chi connectivity index (χ3v) is 2.40. The molecule has 1 aromatic rings. The van der Waals surface area contributed by atoms with Gasteiger partial charge in [0.25, 0.3) is 0 Å². The Morgan fingerprint density at radius 2 is 1.94 bits per heavy atom. The highest BCUT2D eigenvalue weighted by atomic mass is 32.2. The van der Waals surface area contributed by atoms with Crippen LogP contribution in [0.3, 0.4) is 0 Å². The van der Waals surface area contributed by atoms with Crippen molar-refractivity contribution in [3.63, 3.8) is 0 Å². The first kappa shape index (κ1) is 12.5. The summed E-state index contributed by atoms with van der Waals surface area (Å²) in [5.41, 5.74) is 0. The molecule has 0 aromatic heterocycles. The Balaban J connectivity index is 2.55. The number of ether oxygens (including phenoxy) is 1. The van der Waals surface area contributed by atoms with Crippen LogP contribution in [-0.4, -0.2) is 21.1 Å². The lowest BCUT2D eigenvalue weighted by Crippen LogP contribution is -2.34. The van der Waals surface area contributed by atoms with Gasteiger partial charge in [-0.1, -0.05) is 18.2 Å². The van der Waals surface area contributed by atoms with Crippen molar-refractivity contribution >= 4 is 16.4 Å². The Morgan fingerprint density at radius 1 is 1.31 bits per heavy atom. The van der Waals surface area contributed by atoms with Crippen molar-refractivity contribution in [2.45, 2.75) is 6.92 Å². The molecule has 16 heavy (non-hydrogen) atoms. The van der Waals surface area contributed by atoms with E-state index in [0.29, 0.717) is 0 Å². The highest BCUT2D eigenvalue weighted by Gasteiger charge is 2.15. The van der Waals surface area contributed by atoms with Gasteiger partial charge >= 0.3 is 16.4 Å². The second-order valence-corrected chi connectivity index (χ2v) is 4.01. The molecule has 1 rings (SSSR count). The smallest absolute Gasteiger partial charge is 0.410 e. The average molecular weight is 245 g/mol. The van der Waals surface area contributed by atoms with Crippen LogP contribution in [0.15, 0.2) is 30.3 Å². The molecule has 0 radical (unpaired) electrons. The fourth-order valence-electron chi connectivity index (χ4n) is 0.903. The monoisotopic (exact) mass is 245 g/mol. The topological polar surface area (TPSA) is 81.7 Å². The van der Waals surface area contributed by atoms with Crippen LogP contribution in [-0.2, 0) is 14.5 Å². The summed E-state index contributed by atoms with van der Waals surface area (Å²) < 4.78 is 32.6. The van der Waals surface area contributed by atoms with Crippen molar-refractivity contribution in [1.82, 2.24) is 4.72 Å². The van der Waals surface area contributed by atoms with Crippen LogP contribution in [0.4, 0.5) is 4.79 Å². The van der Waals surface area contributed by atoms with Gasteiger partial charge < -0.3 is 4.74 Å². The number of rotatable bonds is 4. The largest absolute Gasteiger partial charge is 0.428 e. The van der Waals surface area contributed by atoms with E-state index >= 15 is 0 Å². The van der Waals surface area contributed by atoms with Crippen LogP contribution in [0.1, 0.15) is 6.92 Å². The zero-order chi connectivity index (χ0) is 12.0. The molecule has 0 aliphatic rings. The molecule has 1 amide bonds. The van der Waals surface area contributed by atoms with Gasteiger partial charge in [-0.25, -0.2) is 4.79 Å². The summed E-state index contributed by atoms with van der Waals surface area (Å²) in [6.07, 6.45) is -1.11. The summed E-state index contributed by atoms with van der Waals surface area (Å²) in [6.45, 7) is 1.43. The van der Waals surface area contributed by atoms with Crippen molar-refractivity contribution in [3.8, 4) is 5.75 Å². The maximum absolute atomic E-state index is 11.1. The van der Waals surface area contributed by atoms with E-state index in [4.69, 9.17) is 0 Å². The molecule has 6 nitrogen and oxygen atoms in total. The molecule has 0 spiro atoms. The molecule has 88 valence electrons. The van der Waals surface area contributed by atoms with Crippen LogP contribution in [0.2, 0.25) is 0 Å². The minimum absolute atomic E-state index is 0.0616. The lowest BCUT2D eigenvalue weighted by Gasteiger charge is -2.06. The lowest BCUT2D eigenvalue weighted by molar-refractivity contribution is 0.204. The number of hydrogen-bond donors (Lipinski definition) is 1. The Hall–Kier alpha value is -1.60. The number of nitrogens with one attached hydrogen (secondary N) is 1. The predicted molar refractivity (Wildman–Crippen MR) is 56.1 cm³/mol. The SMILES string of the molecule is CCOS(=O)(=O)NC(=O)Oc1ccccc1. The number of benzene rings is 1. The third-order valence-electron chi connectivity index (χ3n) is 1.44. The van der Waals surface area contributed by atoms with Crippen LogP contribution < -0.4 is 9.46 Å². The lowest BCUT2D eigenvalue weighted by atomic mass is 10.3. The van der Waals surface area contributed by atoms with Crippen LogP contribution in [0, 0.1) is 0 Å². The standard InChI is InChI=1S/C9H11NO5S/c1-2-14-16(12,13)10-9(11)15-8-6-4-3-5-7-8/h3-7H,2H2,1H3,(H,10,11). The second-order valence-electron chi connectivity index (χ2n) is 2.67. The van der Waals surface area contributed by atoms with Gasteiger partial charge in [0.1, 0.15) is 5.75 Å². The van der Waals surface area contributed by atoms with Gasteiger partial charge in [0, 0.05) is 0 Å². The zero-order valence-corrected chi connectivity index (χ0v) is 9.36. The van der Waals surface area contributed by atoms with Crippen molar-refractivity contribution in [1.29, 1.82) is 0 Å². The number of para-hydroxylation sites is 1. The first-order valence-corrected chi connectivity index (χ1v) is 5.88. The third kappa shape index (κ3) is 4.28. The van der Waals surface area contributed by atoms with E-state index in [1.807, 2.05) is 0 Å². The summed E-state index contributed by atoms with van der Waals surface area (Å²) >= 11 is 0. The molecular weight excluding hydrogens is 234 g/mol. The predicted octanol–water partition coefficient (Wildman–Crippen LogP) is 1.06. The van der Waals surface area contributed by atoms with E-state index in [9.17, 15) is 13.2 Å². The minimum Gasteiger partial charge on any atom is -0.410 e. The summed E-state index contributed by atoms with van der Waals surface area (Å²) in [7, 11) is -4.08. The molecule has 0 saturated heterocycles. The Kier molecular flexibility index (Phi) is 4.27. The molecule has 0 aliphatic heterocycles. The first-order valence-electron chi connectivity index (χ1n) is 4.47. The normalized spacial score (nSPS) is 10.8. The van der Waals surface area contributed by atoms with Gasteiger partial charge in [-0.2, -0.15) is 13.1 Å². The molecule has 0 fully saturated rings. The Bertz CT molecular complexity index is 442. The molecule has 0 atom stereocenters. The van der Waals surface area contributed by atoms with E-state index in [1.54, 1.807) is 22.9 Å². The van der Waals surface area contributed by atoms with Gasteiger partial charge in [-0.05, 0) is 19.1 Å². The minimum atomic E-state index is -4.08. The summed E-state index contributed by atoms with van der Waals surface area (Å²) in [5, 5.41) is 0. The highest BCUT2D eigenvalue weighted by molar-refractivity contribution is 7.85. The fourth-order valence-corrected chi connectivity index (χ4v) is 1.52. The van der Waals surface area contributed by atoms with Crippen molar-refractivity contribution in [2.24, 2.45) is 0 Å². The molecule has 0 aliphatic carbocycles. The molecule has 1 aromatic carbocycles. The van der Waals surface area contributed by atoms with Crippen LogP contribution >= 0.6 is 0 Å². The van der Waals surface area contributed by atoms with E-state index in [-0.39, 0.29) is 12.4 Å². The van der Waals surface area contributed by atoms with E-state index in [0.717, 1.165) is 0 Å². The molecule has 1 N–H and O–H groups in total. The molecular formula is C9H11NO5S. The maximum atomic E-state index is 11.1. The van der Waals surface area contributed by atoms with Crippen molar-refractivity contribution < 1.29 is 22.1 Å². The van der Waals surface area contributed by atoms with Crippen molar-refractivity contribution in [3.05, 3.63) is 30.3 Å². The summed E-state index contributed by atoms with van der Waals surface area (Å²) in [5.74, 6) is 0.242. The van der Waals surface area contributed by atoms with Gasteiger partial charge in [0.15, 0.2) is 0 Å². The number of carbonyl (C=O) groups excluding carboxylic acids is 1. The van der Waals surface area contributed by atoms with Gasteiger partial charge in [0.05, 0.1) is 6.61 Å².